The van der Waals surface area contributed by atoms with Crippen molar-refractivity contribution >= 4 is 11.6 Å². The Morgan fingerprint density at radius 3 is 2.38 bits per heavy atom. The third-order valence-electron chi connectivity index (χ3n) is 6.29. The molecule has 4 fully saturated rings. The number of nitrogens with one attached hydrogen (secondary N) is 1. The van der Waals surface area contributed by atoms with Crippen LogP contribution >= 0.6 is 0 Å². The summed E-state index contributed by atoms with van der Waals surface area (Å²) in [6.45, 7) is 0. The van der Waals surface area contributed by atoms with Crippen molar-refractivity contribution in [3.63, 3.8) is 0 Å². The predicted octanol–water partition coefficient (Wildman–Crippen LogP) is 3.42. The maximum absolute atomic E-state index is 13.0. The summed E-state index contributed by atoms with van der Waals surface area (Å²) in [4.78, 5) is 21.5. The predicted molar refractivity (Wildman–Crippen MR) is 90.6 cm³/mol. The van der Waals surface area contributed by atoms with Crippen LogP contribution in [0, 0.1) is 23.2 Å². The molecule has 0 radical (unpaired) electrons. The van der Waals surface area contributed by atoms with Gasteiger partial charge in [-0.3, -0.25) is 9.36 Å². The summed E-state index contributed by atoms with van der Waals surface area (Å²) in [5.41, 5.74) is 0.678. The van der Waals surface area contributed by atoms with Crippen molar-refractivity contribution in [1.29, 1.82) is 0 Å². The monoisotopic (exact) mass is 322 g/mol. The molecule has 5 heteroatoms. The summed E-state index contributed by atoms with van der Waals surface area (Å²) in [5.74, 6) is 3.37. The van der Waals surface area contributed by atoms with Gasteiger partial charge in [-0.15, -0.1) is 0 Å². The molecule has 6 rings (SSSR count). The van der Waals surface area contributed by atoms with E-state index in [4.69, 9.17) is 0 Å². The molecular formula is C19H22N4O. The van der Waals surface area contributed by atoms with Crippen LogP contribution in [0.1, 0.15) is 38.5 Å². The van der Waals surface area contributed by atoms with Crippen molar-refractivity contribution in [2.75, 3.05) is 5.32 Å². The van der Waals surface area contributed by atoms with E-state index in [0.717, 1.165) is 48.5 Å². The van der Waals surface area contributed by atoms with Crippen LogP contribution in [0.4, 0.5) is 5.69 Å². The maximum Gasteiger partial charge on any atom is 0.230 e. The average molecular weight is 322 g/mol. The molecule has 0 saturated heterocycles. The van der Waals surface area contributed by atoms with Gasteiger partial charge in [0.1, 0.15) is 12.1 Å². The molecule has 124 valence electrons. The number of amides is 1. The van der Waals surface area contributed by atoms with Crippen LogP contribution in [0.15, 0.2) is 37.1 Å². The lowest BCUT2D eigenvalue weighted by atomic mass is 9.49. The number of nitrogens with zero attached hydrogens (tertiary/aromatic N) is 3. The Hall–Kier alpha value is -2.17. The van der Waals surface area contributed by atoms with Crippen LogP contribution in [-0.2, 0) is 4.79 Å². The van der Waals surface area contributed by atoms with Gasteiger partial charge in [0, 0.05) is 12.4 Å². The molecule has 2 heterocycles. The fraction of sp³-hybridized carbons (Fsp3) is 0.526. The van der Waals surface area contributed by atoms with E-state index in [1.165, 1.54) is 19.3 Å². The fourth-order valence-corrected chi connectivity index (χ4v) is 5.66. The Kier molecular flexibility index (Phi) is 3.05. The standard InChI is InChI=1S/C19H22N4O/c24-18(19-8-13-5-14(9-19)7-15(6-13)10-19)22-16-1-2-17(21-11-16)23-4-3-20-12-23/h1-4,11-15H,5-10H2,(H,22,24). The second-order valence-electron chi connectivity index (χ2n) is 8.03. The summed E-state index contributed by atoms with van der Waals surface area (Å²) in [6, 6.07) is 3.84. The minimum absolute atomic E-state index is 0.113. The normalized spacial score (nSPS) is 33.6. The number of rotatable bonds is 3. The quantitative estimate of drug-likeness (QED) is 0.942. The lowest BCUT2D eigenvalue weighted by Crippen LogP contribution is -2.51. The van der Waals surface area contributed by atoms with Crippen LogP contribution in [0.2, 0.25) is 0 Å². The van der Waals surface area contributed by atoms with Crippen molar-refractivity contribution in [2.24, 2.45) is 23.2 Å². The molecular weight excluding hydrogens is 300 g/mol. The molecule has 1 N–H and O–H groups in total. The number of aromatic nitrogens is 3. The summed E-state index contributed by atoms with van der Waals surface area (Å²) >= 11 is 0. The third-order valence-corrected chi connectivity index (χ3v) is 6.29. The van der Waals surface area contributed by atoms with Crippen molar-refractivity contribution in [3.8, 4) is 5.82 Å². The van der Waals surface area contributed by atoms with Crippen molar-refractivity contribution in [1.82, 2.24) is 14.5 Å². The van der Waals surface area contributed by atoms with E-state index >= 15 is 0 Å². The molecule has 2 aromatic rings. The van der Waals surface area contributed by atoms with Crippen LogP contribution in [-0.4, -0.2) is 20.4 Å². The van der Waals surface area contributed by atoms with Gasteiger partial charge in [0.05, 0.1) is 17.3 Å². The van der Waals surface area contributed by atoms with Crippen molar-refractivity contribution < 1.29 is 4.79 Å². The van der Waals surface area contributed by atoms with Gasteiger partial charge >= 0.3 is 0 Å². The van der Waals surface area contributed by atoms with Gasteiger partial charge in [0.15, 0.2) is 0 Å². The molecule has 2 aromatic heterocycles. The number of carbonyl (C=O) groups excluding carboxylic acids is 1. The van der Waals surface area contributed by atoms with Crippen LogP contribution in [0.5, 0.6) is 0 Å². The molecule has 24 heavy (non-hydrogen) atoms. The Balaban J connectivity index is 1.33. The number of carbonyl (C=O) groups is 1. The zero-order valence-corrected chi connectivity index (χ0v) is 13.7. The zero-order chi connectivity index (χ0) is 16.1. The smallest absolute Gasteiger partial charge is 0.230 e. The molecule has 0 aliphatic heterocycles. The summed E-state index contributed by atoms with van der Waals surface area (Å²) in [7, 11) is 0. The number of imidazole rings is 1. The van der Waals surface area contributed by atoms with E-state index in [1.807, 2.05) is 22.9 Å². The van der Waals surface area contributed by atoms with E-state index in [0.29, 0.717) is 0 Å². The molecule has 0 spiro atoms. The second-order valence-corrected chi connectivity index (χ2v) is 8.03. The Bertz CT molecular complexity index is 715. The van der Waals surface area contributed by atoms with E-state index < -0.39 is 0 Å². The Labute approximate surface area is 141 Å². The highest BCUT2D eigenvalue weighted by atomic mass is 16.2. The second kappa shape index (κ2) is 5.16. The number of pyridine rings is 1. The number of hydrogen-bond acceptors (Lipinski definition) is 3. The molecule has 0 unspecified atom stereocenters. The van der Waals surface area contributed by atoms with Crippen LogP contribution in [0.25, 0.3) is 5.82 Å². The first-order valence-corrected chi connectivity index (χ1v) is 8.96. The minimum Gasteiger partial charge on any atom is -0.324 e. The van der Waals surface area contributed by atoms with Gasteiger partial charge in [-0.1, -0.05) is 0 Å². The average Bonchev–Trinajstić information content (AvgIpc) is 3.09. The molecule has 1 amide bonds. The molecule has 0 aromatic carbocycles. The van der Waals surface area contributed by atoms with E-state index in [-0.39, 0.29) is 11.3 Å². The SMILES string of the molecule is O=C(Nc1ccc(-n2ccnc2)nc1)C12CC3CC(CC(C3)C1)C2. The first-order chi connectivity index (χ1) is 11.7. The molecule has 4 aliphatic carbocycles. The molecule has 4 aliphatic rings. The summed E-state index contributed by atoms with van der Waals surface area (Å²) in [6.07, 6.45) is 14.4. The van der Waals surface area contributed by atoms with Gasteiger partial charge < -0.3 is 5.32 Å². The lowest BCUT2D eigenvalue weighted by Gasteiger charge is -2.55. The molecule has 4 bridgehead atoms. The zero-order valence-electron chi connectivity index (χ0n) is 13.7. The topological polar surface area (TPSA) is 59.8 Å². The lowest BCUT2D eigenvalue weighted by molar-refractivity contribution is -0.140. The van der Waals surface area contributed by atoms with E-state index in [1.54, 1.807) is 18.7 Å². The molecule has 4 saturated carbocycles. The van der Waals surface area contributed by atoms with Gasteiger partial charge in [0.2, 0.25) is 5.91 Å². The largest absolute Gasteiger partial charge is 0.324 e. The van der Waals surface area contributed by atoms with Crippen LogP contribution < -0.4 is 5.32 Å². The molecule has 5 nitrogen and oxygen atoms in total. The molecule has 0 atom stereocenters. The van der Waals surface area contributed by atoms with Gasteiger partial charge in [-0.05, 0) is 68.4 Å². The third kappa shape index (κ3) is 2.26. The fourth-order valence-electron chi connectivity index (χ4n) is 5.66. The van der Waals surface area contributed by atoms with Gasteiger partial charge in [-0.2, -0.15) is 0 Å². The Morgan fingerprint density at radius 2 is 1.83 bits per heavy atom. The Morgan fingerprint density at radius 1 is 1.12 bits per heavy atom. The summed E-state index contributed by atoms with van der Waals surface area (Å²) < 4.78 is 1.85. The first kappa shape index (κ1) is 14.2. The van der Waals surface area contributed by atoms with Crippen LogP contribution in [0.3, 0.4) is 0 Å². The highest BCUT2D eigenvalue weighted by Crippen LogP contribution is 2.60. The first-order valence-electron chi connectivity index (χ1n) is 8.96. The maximum atomic E-state index is 13.0. The van der Waals surface area contributed by atoms with Crippen molar-refractivity contribution in [3.05, 3.63) is 37.1 Å². The minimum atomic E-state index is -0.113. The summed E-state index contributed by atoms with van der Waals surface area (Å²) in [5, 5.41) is 3.15. The number of anilines is 1. The van der Waals surface area contributed by atoms with Gasteiger partial charge in [0.25, 0.3) is 0 Å². The van der Waals surface area contributed by atoms with Crippen molar-refractivity contribution in [2.45, 2.75) is 38.5 Å². The van der Waals surface area contributed by atoms with E-state index in [2.05, 4.69) is 15.3 Å². The highest BCUT2D eigenvalue weighted by Gasteiger charge is 2.54. The van der Waals surface area contributed by atoms with E-state index in [9.17, 15) is 4.79 Å². The van der Waals surface area contributed by atoms with Gasteiger partial charge in [-0.25, -0.2) is 9.97 Å². The highest BCUT2D eigenvalue weighted by molar-refractivity contribution is 5.95. The number of hydrogen-bond donors (Lipinski definition) is 1.